The average Bonchev–Trinajstić information content (AvgIpc) is 2.99. The fourth-order valence-corrected chi connectivity index (χ4v) is 3.11. The van der Waals surface area contributed by atoms with E-state index in [0.717, 1.165) is 27.4 Å². The van der Waals surface area contributed by atoms with Crippen molar-refractivity contribution in [3.05, 3.63) is 75.5 Å². The zero-order chi connectivity index (χ0) is 16.2. The number of amides is 1. The maximum atomic E-state index is 12.1. The van der Waals surface area contributed by atoms with Crippen molar-refractivity contribution >= 4 is 34.0 Å². The van der Waals surface area contributed by atoms with Crippen LogP contribution in [0.4, 0.5) is 5.13 Å². The van der Waals surface area contributed by atoms with Crippen LogP contribution in [0, 0.1) is 6.92 Å². The third kappa shape index (κ3) is 3.94. The number of rotatable bonds is 4. The fraction of sp³-hybridized carbons (Fsp3) is 0.118. The highest BCUT2D eigenvalue weighted by Gasteiger charge is 2.09. The lowest BCUT2D eigenvalue weighted by molar-refractivity contribution is 0.102. The Kier molecular flexibility index (Phi) is 4.69. The minimum absolute atomic E-state index is 0.211. The smallest absolute Gasteiger partial charge is 0.259 e. The number of nitrogens with zero attached hydrogens (tertiary/aromatic N) is 2. The molecule has 0 unspecified atom stereocenters. The van der Waals surface area contributed by atoms with Gasteiger partial charge in [-0.1, -0.05) is 23.7 Å². The van der Waals surface area contributed by atoms with E-state index < -0.39 is 0 Å². The van der Waals surface area contributed by atoms with Crippen molar-refractivity contribution in [3.63, 3.8) is 0 Å². The lowest BCUT2D eigenvalue weighted by Crippen LogP contribution is -2.11. The molecule has 3 rings (SSSR count). The molecule has 0 atom stereocenters. The molecule has 0 aliphatic rings. The van der Waals surface area contributed by atoms with E-state index >= 15 is 0 Å². The molecule has 4 nitrogen and oxygen atoms in total. The van der Waals surface area contributed by atoms with E-state index in [1.807, 2.05) is 19.1 Å². The quantitative estimate of drug-likeness (QED) is 0.766. The maximum absolute atomic E-state index is 12.1. The summed E-state index contributed by atoms with van der Waals surface area (Å²) >= 11 is 7.60. The molecule has 0 bridgehead atoms. The highest BCUT2D eigenvalue weighted by Crippen LogP contribution is 2.24. The predicted octanol–water partition coefficient (Wildman–Crippen LogP) is 4.34. The van der Waals surface area contributed by atoms with Crippen molar-refractivity contribution < 1.29 is 4.79 Å². The number of carbonyl (C=O) groups excluding carboxylic acids is 1. The molecule has 2 aromatic heterocycles. The number of anilines is 1. The van der Waals surface area contributed by atoms with Crippen molar-refractivity contribution in [3.8, 4) is 0 Å². The SMILES string of the molecule is Cc1ccc(Cc2cnc(NC(=O)c3cccnc3)s2)cc1Cl. The second-order valence-electron chi connectivity index (χ2n) is 5.09. The summed E-state index contributed by atoms with van der Waals surface area (Å²) in [6, 6.07) is 9.46. The summed E-state index contributed by atoms with van der Waals surface area (Å²) in [4.78, 5) is 21.3. The first kappa shape index (κ1) is 15.6. The van der Waals surface area contributed by atoms with Crippen LogP contribution in [0.1, 0.15) is 26.4 Å². The number of benzene rings is 1. The van der Waals surface area contributed by atoms with E-state index in [4.69, 9.17) is 11.6 Å². The molecular formula is C17H14ClN3OS. The molecule has 0 spiro atoms. The largest absolute Gasteiger partial charge is 0.298 e. The van der Waals surface area contributed by atoms with Gasteiger partial charge in [0.05, 0.1) is 5.56 Å². The molecule has 0 saturated heterocycles. The second-order valence-corrected chi connectivity index (χ2v) is 6.61. The standard InChI is InChI=1S/C17H14ClN3OS/c1-11-4-5-12(8-15(11)18)7-14-10-20-17(23-14)21-16(22)13-3-2-6-19-9-13/h2-6,8-10H,7H2,1H3,(H,20,21,22). The summed E-state index contributed by atoms with van der Waals surface area (Å²) in [6.07, 6.45) is 5.67. The summed E-state index contributed by atoms with van der Waals surface area (Å²) < 4.78 is 0. The molecule has 0 aliphatic heterocycles. The number of nitrogens with one attached hydrogen (secondary N) is 1. The molecule has 23 heavy (non-hydrogen) atoms. The van der Waals surface area contributed by atoms with Crippen LogP contribution in [0.5, 0.6) is 0 Å². The number of hydrogen-bond acceptors (Lipinski definition) is 4. The Morgan fingerprint density at radius 3 is 2.91 bits per heavy atom. The van der Waals surface area contributed by atoms with E-state index in [1.165, 1.54) is 17.5 Å². The highest BCUT2D eigenvalue weighted by atomic mass is 35.5. The Bertz CT molecular complexity index is 833. The van der Waals surface area contributed by atoms with Gasteiger partial charge in [-0.25, -0.2) is 4.98 Å². The monoisotopic (exact) mass is 343 g/mol. The van der Waals surface area contributed by atoms with Crippen LogP contribution in [0.25, 0.3) is 0 Å². The third-order valence-electron chi connectivity index (χ3n) is 3.31. The van der Waals surface area contributed by atoms with Gasteiger partial charge in [0.1, 0.15) is 0 Å². The fourth-order valence-electron chi connectivity index (χ4n) is 2.06. The van der Waals surface area contributed by atoms with Crippen LogP contribution >= 0.6 is 22.9 Å². The number of carbonyl (C=O) groups is 1. The number of thiazole rings is 1. The third-order valence-corrected chi connectivity index (χ3v) is 4.63. The van der Waals surface area contributed by atoms with Crippen LogP contribution in [0.3, 0.4) is 0 Å². The van der Waals surface area contributed by atoms with Crippen molar-refractivity contribution in [2.45, 2.75) is 13.3 Å². The Morgan fingerprint density at radius 2 is 2.17 bits per heavy atom. The topological polar surface area (TPSA) is 54.9 Å². The zero-order valence-corrected chi connectivity index (χ0v) is 14.0. The molecule has 116 valence electrons. The van der Waals surface area contributed by atoms with Gasteiger partial charge in [0.25, 0.3) is 5.91 Å². The molecule has 3 aromatic rings. The normalized spacial score (nSPS) is 10.5. The Balaban J connectivity index is 1.68. The second kappa shape index (κ2) is 6.89. The predicted molar refractivity (Wildman–Crippen MR) is 93.3 cm³/mol. The molecule has 6 heteroatoms. The number of aryl methyl sites for hydroxylation is 1. The van der Waals surface area contributed by atoms with Crippen molar-refractivity contribution in [1.82, 2.24) is 9.97 Å². The maximum Gasteiger partial charge on any atom is 0.259 e. The molecular weight excluding hydrogens is 330 g/mol. The number of pyridine rings is 1. The lowest BCUT2D eigenvalue weighted by atomic mass is 10.1. The van der Waals surface area contributed by atoms with Gasteiger partial charge < -0.3 is 0 Å². The van der Waals surface area contributed by atoms with Crippen LogP contribution in [-0.2, 0) is 6.42 Å². The van der Waals surface area contributed by atoms with Gasteiger partial charge in [-0.2, -0.15) is 0 Å². The first-order valence-electron chi connectivity index (χ1n) is 7.03. The minimum Gasteiger partial charge on any atom is -0.298 e. The van der Waals surface area contributed by atoms with Gasteiger partial charge in [0.2, 0.25) is 0 Å². The van der Waals surface area contributed by atoms with E-state index in [0.29, 0.717) is 10.7 Å². The molecule has 0 fully saturated rings. The van der Waals surface area contributed by atoms with Crippen molar-refractivity contribution in [2.24, 2.45) is 0 Å². The van der Waals surface area contributed by atoms with E-state index in [9.17, 15) is 4.79 Å². The van der Waals surface area contributed by atoms with Crippen LogP contribution < -0.4 is 5.32 Å². The zero-order valence-electron chi connectivity index (χ0n) is 12.4. The first-order chi connectivity index (χ1) is 11.1. The average molecular weight is 344 g/mol. The number of hydrogen-bond donors (Lipinski definition) is 1. The van der Waals surface area contributed by atoms with E-state index in [-0.39, 0.29) is 5.91 Å². The Morgan fingerprint density at radius 1 is 1.30 bits per heavy atom. The minimum atomic E-state index is -0.211. The Hall–Kier alpha value is -2.24. The van der Waals surface area contributed by atoms with Gasteiger partial charge in [-0.05, 0) is 36.2 Å². The summed E-state index contributed by atoms with van der Waals surface area (Å²) in [5.74, 6) is -0.211. The molecule has 1 aromatic carbocycles. The number of halogens is 1. The van der Waals surface area contributed by atoms with Crippen LogP contribution in [-0.4, -0.2) is 15.9 Å². The van der Waals surface area contributed by atoms with Gasteiger partial charge in [0.15, 0.2) is 5.13 Å². The lowest BCUT2D eigenvalue weighted by Gasteiger charge is -2.02. The summed E-state index contributed by atoms with van der Waals surface area (Å²) in [7, 11) is 0. The van der Waals surface area contributed by atoms with E-state index in [2.05, 4.69) is 21.4 Å². The Labute approximate surface area is 143 Å². The number of aromatic nitrogens is 2. The molecule has 0 aliphatic carbocycles. The van der Waals surface area contributed by atoms with Gasteiger partial charge in [0, 0.05) is 34.9 Å². The summed E-state index contributed by atoms with van der Waals surface area (Å²) in [5.41, 5.74) is 2.69. The molecule has 0 radical (unpaired) electrons. The van der Waals surface area contributed by atoms with Gasteiger partial charge >= 0.3 is 0 Å². The van der Waals surface area contributed by atoms with Crippen molar-refractivity contribution in [2.75, 3.05) is 5.32 Å². The molecule has 0 saturated carbocycles. The van der Waals surface area contributed by atoms with E-state index in [1.54, 1.807) is 24.5 Å². The van der Waals surface area contributed by atoms with Crippen LogP contribution in [0.15, 0.2) is 48.9 Å². The molecule has 2 heterocycles. The summed E-state index contributed by atoms with van der Waals surface area (Å²) in [6.45, 7) is 1.98. The van der Waals surface area contributed by atoms with Crippen LogP contribution in [0.2, 0.25) is 5.02 Å². The first-order valence-corrected chi connectivity index (χ1v) is 8.22. The summed E-state index contributed by atoms with van der Waals surface area (Å²) in [5, 5.41) is 4.12. The molecule has 1 amide bonds. The highest BCUT2D eigenvalue weighted by molar-refractivity contribution is 7.15. The van der Waals surface area contributed by atoms with Gasteiger partial charge in [-0.15, -0.1) is 11.3 Å². The van der Waals surface area contributed by atoms with Crippen molar-refractivity contribution in [1.29, 1.82) is 0 Å². The molecule has 1 N–H and O–H groups in total. The van der Waals surface area contributed by atoms with Gasteiger partial charge in [-0.3, -0.25) is 15.1 Å².